The largest absolute Gasteiger partial charge is 0.508 e. The minimum absolute atomic E-state index is 0. The van der Waals surface area contributed by atoms with Crippen molar-refractivity contribution in [2.75, 3.05) is 0 Å². The maximum absolute atomic E-state index is 13.9. The number of alkyl halides is 6. The number of carboxylic acid groups (broad SMARTS) is 1. The molecule has 0 amide bonds. The number of aryl methyl sites for hydroxylation is 11. The Morgan fingerprint density at radius 2 is 0.702 bits per heavy atom. The highest BCUT2D eigenvalue weighted by Gasteiger charge is 2.72. The molecule has 0 saturated carbocycles. The second-order valence-corrected chi connectivity index (χ2v) is 42.0. The molecule has 7 nitrogen and oxygen atoms in total. The second-order valence-electron chi connectivity index (χ2n) is 30.0. The summed E-state index contributed by atoms with van der Waals surface area (Å²) < 4.78 is 96.3. The molecule has 0 fully saturated rings. The van der Waals surface area contributed by atoms with Gasteiger partial charge in [0.05, 0.1) is 5.56 Å². The molecule has 0 aromatic heterocycles. The van der Waals surface area contributed by atoms with Gasteiger partial charge in [-0.05, 0) is 282 Å². The van der Waals surface area contributed by atoms with Gasteiger partial charge in [0.25, 0.3) is 0 Å². The summed E-state index contributed by atoms with van der Waals surface area (Å²) in [4.78, 5) is 10.5. The lowest BCUT2D eigenvalue weighted by molar-refractivity contribution is -0.288. The normalized spacial score (nSPS) is 10.6. The fraction of sp³-hybridized carbons (Fsp3) is 0.333. The summed E-state index contributed by atoms with van der Waals surface area (Å²) in [6.45, 7) is 55.5. The van der Waals surface area contributed by atoms with Crippen LogP contribution in [0.25, 0.3) is 22.3 Å². The molecule has 0 aliphatic rings. The summed E-state index contributed by atoms with van der Waals surface area (Å²) in [5.74, 6) is -0.526. The van der Waals surface area contributed by atoms with E-state index in [2.05, 4.69) is 244 Å². The molecule has 0 spiro atoms. The number of carboxylic acids is 1. The van der Waals surface area contributed by atoms with Crippen LogP contribution >= 0.6 is 0 Å². The van der Waals surface area contributed by atoms with Crippen LogP contribution in [0.1, 0.15) is 190 Å². The zero-order valence-electron chi connectivity index (χ0n) is 76.3. The van der Waals surface area contributed by atoms with Gasteiger partial charge in [-0.25, -0.2) is 4.79 Å². The fourth-order valence-electron chi connectivity index (χ4n) is 12.5. The fourth-order valence-corrected chi connectivity index (χ4v) is 25.8. The quantitative estimate of drug-likeness (QED) is 0.0408. The third-order valence-corrected chi connectivity index (χ3v) is 29.5. The van der Waals surface area contributed by atoms with E-state index in [9.17, 15) is 46.5 Å². The topological polar surface area (TPSA) is 116 Å². The van der Waals surface area contributed by atoms with Crippen molar-refractivity contribution >= 4 is 31.2 Å². The number of hydrogen-bond donors (Lipinski definition) is 4. The van der Waals surface area contributed by atoms with Crippen LogP contribution in [0.4, 0.5) is 26.3 Å². The van der Waals surface area contributed by atoms with Gasteiger partial charge in [0.2, 0.25) is 13.7 Å². The molecule has 0 atom stereocenters. The summed E-state index contributed by atoms with van der Waals surface area (Å²) in [6, 6.07) is 78.2. The van der Waals surface area contributed by atoms with E-state index in [1.807, 2.05) is 125 Å². The van der Waals surface area contributed by atoms with E-state index in [4.69, 9.17) is 13.3 Å². The van der Waals surface area contributed by atoms with E-state index in [0.29, 0.717) is 34.3 Å². The number of benzene rings is 11. The van der Waals surface area contributed by atoms with Gasteiger partial charge in [0.1, 0.15) is 17.2 Å². The molecule has 0 heterocycles. The van der Waals surface area contributed by atoms with Gasteiger partial charge >= 0.3 is 26.9 Å². The van der Waals surface area contributed by atoms with E-state index in [1.54, 1.807) is 25.1 Å². The van der Waals surface area contributed by atoms with Crippen molar-refractivity contribution in [1.82, 2.24) is 0 Å². The first kappa shape index (κ1) is 111. The van der Waals surface area contributed by atoms with E-state index >= 15 is 0 Å². The maximum atomic E-state index is 13.9. The van der Waals surface area contributed by atoms with Crippen LogP contribution in [0.15, 0.2) is 267 Å². The molecule has 0 unspecified atom stereocenters. The Hall–Kier alpha value is -10.0. The van der Waals surface area contributed by atoms with Gasteiger partial charge in [-0.2, -0.15) is 26.3 Å². The number of carbonyl (C=O) groups is 1. The molecule has 0 aliphatic heterocycles. The number of unbranched alkanes of at least 4 members (excludes halogenated alkanes) is 1. The highest BCUT2D eigenvalue weighted by Crippen LogP contribution is 2.57. The molecule has 11 rings (SSSR count). The predicted molar refractivity (Wildman–Crippen MR) is 516 cm³/mol. The van der Waals surface area contributed by atoms with E-state index < -0.39 is 60.1 Å². The third kappa shape index (κ3) is 38.3. The van der Waals surface area contributed by atoms with E-state index in [-0.39, 0.29) is 21.6 Å². The molecule has 0 saturated heterocycles. The maximum Gasteiger partial charge on any atom is 0.411 e. The number of rotatable bonds is 17. The molecule has 11 aromatic rings. The molecule has 4 N–H and O–H groups in total. The molecular weight excluding hydrogens is 1570 g/mol. The molecular formula is C105H144F6O7Si3. The number of aromatic hydroxyl groups is 3. The number of halogens is 6. The lowest BCUT2D eigenvalue weighted by atomic mass is 9.72. The first-order valence-electron chi connectivity index (χ1n) is 41.5. The summed E-state index contributed by atoms with van der Waals surface area (Å²) >= 11 is 0. The van der Waals surface area contributed by atoms with Crippen molar-refractivity contribution in [1.29, 1.82) is 0 Å². The van der Waals surface area contributed by atoms with Crippen LogP contribution in [0.2, 0.25) is 45.3 Å². The molecule has 0 aliphatic carbocycles. The van der Waals surface area contributed by atoms with E-state index in [1.165, 1.54) is 88.9 Å². The third-order valence-electron chi connectivity index (χ3n) is 18.8. The summed E-state index contributed by atoms with van der Waals surface area (Å²) in [5, 5.41) is 37.3. The van der Waals surface area contributed by atoms with Crippen LogP contribution in [0, 0.1) is 76.2 Å². The van der Waals surface area contributed by atoms with Crippen molar-refractivity contribution in [2.24, 2.45) is 0 Å². The molecule has 0 radical (unpaired) electrons. The second kappa shape index (κ2) is 55.1. The van der Waals surface area contributed by atoms with Crippen molar-refractivity contribution in [3.8, 4) is 39.5 Å². The Balaban J connectivity index is -0.00000136. The summed E-state index contributed by atoms with van der Waals surface area (Å²) in [7, 11) is -5.42. The van der Waals surface area contributed by atoms with Gasteiger partial charge in [0.15, 0.2) is 8.32 Å². The number of phenolic OH excluding ortho intramolecular Hbond substituents is 3. The minimum atomic E-state index is -5.63. The van der Waals surface area contributed by atoms with Gasteiger partial charge < -0.3 is 28.7 Å². The van der Waals surface area contributed by atoms with Crippen molar-refractivity contribution < 1.29 is 62.6 Å². The van der Waals surface area contributed by atoms with Crippen LogP contribution in [0.3, 0.4) is 0 Å². The van der Waals surface area contributed by atoms with Crippen molar-refractivity contribution in [2.45, 2.75) is 235 Å². The number of aromatic carboxylic acids is 1. The number of hydrogen-bond acceptors (Lipinski definition) is 6. The average molecular weight is 1720 g/mol. The van der Waals surface area contributed by atoms with Crippen LogP contribution < -0.4 is 0 Å². The standard InChI is InChI=1S/C18H16F6O.2C15H16O.C13H30O2Si3.2C13H12.C9H10O2.4C2H6.CH4.2H2/c1-10-4-5-13(8-11(10)2)16(17(19,20)21,18(22,23)24)14-6-7-15(25)12(3)9-14;1-10-4-6-13(8-12(10)3)14-7-5-11(2)15(16)9-14;1-10-4-5-13(8-11(10)2)14-6-7-15(16)12(3)9-14;1-9-11-13-17(5,6)15-18(7,8)14-16(3,4)12-10-2;2*1-3-7-12(8-4-1)11-13-9-5-2-6-10-13;1-6-3-7(2)5-8(4-6)9(10)11;4*1-2;;;/h4-9,25H,1-3H3;2*4-9,16H,1-3H3;12H,2,9,11,13H2,1,3-8H3;2*1-10H,11H2;3-5H,1-2H3,(H,10,11);4*1-2H3;1H4;2*1H. The lowest BCUT2D eigenvalue weighted by Crippen LogP contribution is -2.54. The first-order chi connectivity index (χ1) is 56.5. The Morgan fingerprint density at radius 1 is 0.397 bits per heavy atom. The zero-order chi connectivity index (χ0) is 91.4. The first-order valence-corrected chi connectivity index (χ1v) is 50.4. The summed E-state index contributed by atoms with van der Waals surface area (Å²) in [6.07, 6.45) is -6.70. The van der Waals surface area contributed by atoms with Crippen LogP contribution in [-0.2, 0) is 26.5 Å². The highest BCUT2D eigenvalue weighted by molar-refractivity contribution is 6.89. The highest BCUT2D eigenvalue weighted by atomic mass is 28.5. The molecule has 11 aromatic carbocycles. The monoisotopic (exact) mass is 1720 g/mol. The van der Waals surface area contributed by atoms with Gasteiger partial charge in [-0.3, -0.25) is 0 Å². The predicted octanol–water partition coefficient (Wildman–Crippen LogP) is 32.3. The zero-order valence-corrected chi connectivity index (χ0v) is 79.3. The molecule has 121 heavy (non-hydrogen) atoms. The lowest BCUT2D eigenvalue weighted by Gasteiger charge is -2.38. The Morgan fingerprint density at radius 3 is 1.02 bits per heavy atom. The summed E-state index contributed by atoms with van der Waals surface area (Å²) in [5.41, 5.74) is 19.0. The SMILES string of the molecule is C.C=C=C[Si](C)(C)O[Si](C)(C)O[Si](C)(C)CCCC.CC.CC.CC.CC.Cc1cc(C)cc(C(=O)O)c1.Cc1ccc(-c2ccc(C)c(O)c2)cc1C.Cc1ccc(-c2ccc(O)c(C)c2)cc1C.Cc1ccc(C(c2ccc(O)c(C)c2)(C(F)(F)F)C(F)(F)F)cc1C.[HH].[HH].c1ccc(Cc2ccccc2)cc1.c1ccc(Cc2ccccc2)cc1. The van der Waals surface area contributed by atoms with Crippen molar-refractivity contribution in [3.05, 3.63) is 367 Å². The van der Waals surface area contributed by atoms with E-state index in [0.717, 1.165) is 76.1 Å². The average Bonchev–Trinajstić information content (AvgIpc) is 0.713. The van der Waals surface area contributed by atoms with Crippen LogP contribution in [0.5, 0.6) is 17.2 Å². The smallest absolute Gasteiger partial charge is 0.411 e. The molecule has 660 valence electrons. The van der Waals surface area contributed by atoms with Gasteiger partial charge in [-0.15, -0.1) is 5.73 Å². The Kier molecular flexibility index (Phi) is 50.5. The molecule has 0 bridgehead atoms. The van der Waals surface area contributed by atoms with Crippen molar-refractivity contribution in [3.63, 3.8) is 0 Å². The minimum Gasteiger partial charge on any atom is -0.508 e. The number of phenols is 3. The van der Waals surface area contributed by atoms with Gasteiger partial charge in [0, 0.05) is 2.85 Å². The Bertz CT molecular complexity index is 4420. The van der Waals surface area contributed by atoms with Crippen LogP contribution in [-0.4, -0.2) is 63.9 Å². The van der Waals surface area contributed by atoms with Gasteiger partial charge in [-0.1, -0.05) is 313 Å². The molecule has 16 heteroatoms. The Labute approximate surface area is 730 Å².